The standard InChI is InChI=1S/C17H24BrNO/c1-14-6-8-15(9-7-14)10-11-17(20)19(13-12-18)16-4-2-3-5-16/h6-9,16H,2-5,10-13H2,1H3. The smallest absolute Gasteiger partial charge is 0.223 e. The van der Waals surface area contributed by atoms with Crippen LogP contribution in [0.25, 0.3) is 0 Å². The van der Waals surface area contributed by atoms with Gasteiger partial charge in [-0.25, -0.2) is 0 Å². The summed E-state index contributed by atoms with van der Waals surface area (Å²) in [5.74, 6) is 0.317. The molecule has 2 rings (SSSR count). The molecule has 0 saturated heterocycles. The van der Waals surface area contributed by atoms with Crippen molar-refractivity contribution in [3.05, 3.63) is 35.4 Å². The van der Waals surface area contributed by atoms with E-state index in [1.165, 1.54) is 36.8 Å². The Morgan fingerprint density at radius 3 is 2.50 bits per heavy atom. The second kappa shape index (κ2) is 7.82. The highest BCUT2D eigenvalue weighted by Gasteiger charge is 2.25. The summed E-state index contributed by atoms with van der Waals surface area (Å²) < 4.78 is 0. The van der Waals surface area contributed by atoms with Crippen LogP contribution in [0.3, 0.4) is 0 Å². The zero-order chi connectivity index (χ0) is 14.4. The molecule has 0 heterocycles. The Hall–Kier alpha value is -0.830. The van der Waals surface area contributed by atoms with Crippen molar-refractivity contribution in [1.29, 1.82) is 0 Å². The van der Waals surface area contributed by atoms with Crippen molar-refractivity contribution in [3.63, 3.8) is 0 Å². The Morgan fingerprint density at radius 1 is 1.25 bits per heavy atom. The van der Waals surface area contributed by atoms with Gasteiger partial charge in [0.05, 0.1) is 0 Å². The molecule has 1 aromatic carbocycles. The van der Waals surface area contributed by atoms with Gasteiger partial charge in [0, 0.05) is 24.3 Å². The number of halogens is 1. The Balaban J connectivity index is 1.89. The molecule has 1 aromatic rings. The van der Waals surface area contributed by atoms with Crippen molar-refractivity contribution < 1.29 is 4.79 Å². The van der Waals surface area contributed by atoms with Crippen LogP contribution in [0, 0.1) is 6.92 Å². The van der Waals surface area contributed by atoms with E-state index < -0.39 is 0 Å². The molecule has 0 N–H and O–H groups in total. The van der Waals surface area contributed by atoms with Crippen molar-refractivity contribution in [2.45, 2.75) is 51.5 Å². The molecule has 1 aliphatic rings. The van der Waals surface area contributed by atoms with E-state index in [4.69, 9.17) is 0 Å². The third-order valence-electron chi connectivity index (χ3n) is 4.16. The van der Waals surface area contributed by atoms with Crippen molar-refractivity contribution in [3.8, 4) is 0 Å². The molecule has 0 radical (unpaired) electrons. The lowest BCUT2D eigenvalue weighted by molar-refractivity contribution is -0.133. The lowest BCUT2D eigenvalue weighted by atomic mass is 10.1. The largest absolute Gasteiger partial charge is 0.339 e. The fourth-order valence-corrected chi connectivity index (χ4v) is 3.35. The Morgan fingerprint density at radius 2 is 1.90 bits per heavy atom. The predicted molar refractivity (Wildman–Crippen MR) is 87.3 cm³/mol. The predicted octanol–water partition coefficient (Wildman–Crippen LogP) is 4.09. The van der Waals surface area contributed by atoms with Gasteiger partial charge in [-0.3, -0.25) is 4.79 Å². The Labute approximate surface area is 130 Å². The summed E-state index contributed by atoms with van der Waals surface area (Å²) in [6, 6.07) is 8.98. The third-order valence-corrected chi connectivity index (χ3v) is 4.51. The van der Waals surface area contributed by atoms with Crippen LogP contribution < -0.4 is 0 Å². The van der Waals surface area contributed by atoms with Crippen LogP contribution in [0.2, 0.25) is 0 Å². The molecule has 0 bridgehead atoms. The minimum atomic E-state index is 0.317. The highest BCUT2D eigenvalue weighted by molar-refractivity contribution is 9.09. The number of benzene rings is 1. The number of amides is 1. The molecule has 0 atom stereocenters. The van der Waals surface area contributed by atoms with E-state index in [2.05, 4.69) is 52.0 Å². The van der Waals surface area contributed by atoms with Crippen molar-refractivity contribution in [1.82, 2.24) is 4.90 Å². The van der Waals surface area contributed by atoms with Crippen LogP contribution in [0.4, 0.5) is 0 Å². The first-order valence-corrected chi connectivity index (χ1v) is 8.74. The number of hydrogen-bond acceptors (Lipinski definition) is 1. The Kier molecular flexibility index (Phi) is 6.08. The average molecular weight is 338 g/mol. The van der Waals surface area contributed by atoms with Crippen LogP contribution in [0.15, 0.2) is 24.3 Å². The molecular weight excluding hydrogens is 314 g/mol. The second-order valence-electron chi connectivity index (χ2n) is 5.70. The van der Waals surface area contributed by atoms with Gasteiger partial charge in [-0.1, -0.05) is 58.6 Å². The fraction of sp³-hybridized carbons (Fsp3) is 0.588. The summed E-state index contributed by atoms with van der Waals surface area (Å²) in [6.45, 7) is 2.93. The molecular formula is C17H24BrNO. The SMILES string of the molecule is Cc1ccc(CCC(=O)N(CCBr)C2CCCC2)cc1. The average Bonchev–Trinajstić information content (AvgIpc) is 2.97. The molecule has 1 saturated carbocycles. The molecule has 110 valence electrons. The maximum Gasteiger partial charge on any atom is 0.223 e. The van der Waals surface area contributed by atoms with Gasteiger partial charge >= 0.3 is 0 Å². The quantitative estimate of drug-likeness (QED) is 0.716. The van der Waals surface area contributed by atoms with Gasteiger partial charge in [0.1, 0.15) is 0 Å². The monoisotopic (exact) mass is 337 g/mol. The maximum absolute atomic E-state index is 12.5. The summed E-state index contributed by atoms with van der Waals surface area (Å²) in [4.78, 5) is 14.6. The van der Waals surface area contributed by atoms with Gasteiger partial charge in [0.15, 0.2) is 0 Å². The summed E-state index contributed by atoms with van der Waals surface area (Å²) in [5, 5.41) is 0.875. The van der Waals surface area contributed by atoms with Gasteiger partial charge in [-0.2, -0.15) is 0 Å². The zero-order valence-electron chi connectivity index (χ0n) is 12.3. The lowest BCUT2D eigenvalue weighted by Crippen LogP contribution is -2.40. The number of hydrogen-bond donors (Lipinski definition) is 0. The van der Waals surface area contributed by atoms with E-state index in [9.17, 15) is 4.79 Å². The van der Waals surface area contributed by atoms with E-state index in [0.717, 1.165) is 18.3 Å². The molecule has 1 amide bonds. The van der Waals surface area contributed by atoms with Gasteiger partial charge in [-0.15, -0.1) is 0 Å². The Bertz CT molecular complexity index is 423. The van der Waals surface area contributed by atoms with Crippen molar-refractivity contribution in [2.75, 3.05) is 11.9 Å². The molecule has 1 aliphatic carbocycles. The minimum Gasteiger partial charge on any atom is -0.339 e. The van der Waals surface area contributed by atoms with Crippen LogP contribution >= 0.6 is 15.9 Å². The van der Waals surface area contributed by atoms with Crippen LogP contribution in [0.1, 0.15) is 43.2 Å². The maximum atomic E-state index is 12.5. The summed E-state index contributed by atoms with van der Waals surface area (Å²) in [5.41, 5.74) is 2.53. The van der Waals surface area contributed by atoms with E-state index >= 15 is 0 Å². The number of carbonyl (C=O) groups excluding carboxylic acids is 1. The van der Waals surface area contributed by atoms with Gasteiger partial charge in [-0.05, 0) is 31.7 Å². The number of carbonyl (C=O) groups is 1. The number of nitrogens with zero attached hydrogens (tertiary/aromatic N) is 1. The summed E-state index contributed by atoms with van der Waals surface area (Å²) >= 11 is 3.48. The molecule has 2 nitrogen and oxygen atoms in total. The van der Waals surface area contributed by atoms with Gasteiger partial charge < -0.3 is 4.90 Å². The highest BCUT2D eigenvalue weighted by atomic mass is 79.9. The molecule has 0 spiro atoms. The third kappa shape index (κ3) is 4.34. The first-order chi connectivity index (χ1) is 9.70. The molecule has 0 aromatic heterocycles. The summed E-state index contributed by atoms with van der Waals surface area (Å²) in [6.07, 6.45) is 6.40. The molecule has 1 fully saturated rings. The first kappa shape index (κ1) is 15.6. The van der Waals surface area contributed by atoms with E-state index in [0.29, 0.717) is 18.4 Å². The van der Waals surface area contributed by atoms with E-state index in [-0.39, 0.29) is 0 Å². The molecule has 0 unspecified atom stereocenters. The lowest BCUT2D eigenvalue weighted by Gasteiger charge is -2.28. The minimum absolute atomic E-state index is 0.317. The first-order valence-electron chi connectivity index (χ1n) is 7.61. The second-order valence-corrected chi connectivity index (χ2v) is 6.49. The summed E-state index contributed by atoms with van der Waals surface area (Å²) in [7, 11) is 0. The normalized spacial score (nSPS) is 15.5. The molecule has 20 heavy (non-hydrogen) atoms. The van der Waals surface area contributed by atoms with E-state index in [1.54, 1.807) is 0 Å². The van der Waals surface area contributed by atoms with Gasteiger partial charge in [0.2, 0.25) is 5.91 Å². The number of alkyl halides is 1. The van der Waals surface area contributed by atoms with Crippen LogP contribution in [-0.4, -0.2) is 28.7 Å². The number of aryl methyl sites for hydroxylation is 2. The van der Waals surface area contributed by atoms with Crippen LogP contribution in [0.5, 0.6) is 0 Å². The fourth-order valence-electron chi connectivity index (χ4n) is 2.97. The van der Waals surface area contributed by atoms with Crippen molar-refractivity contribution >= 4 is 21.8 Å². The topological polar surface area (TPSA) is 20.3 Å². The zero-order valence-corrected chi connectivity index (χ0v) is 13.9. The highest BCUT2D eigenvalue weighted by Crippen LogP contribution is 2.24. The van der Waals surface area contributed by atoms with Crippen LogP contribution in [-0.2, 0) is 11.2 Å². The van der Waals surface area contributed by atoms with Gasteiger partial charge in [0.25, 0.3) is 0 Å². The number of rotatable bonds is 6. The van der Waals surface area contributed by atoms with Crippen molar-refractivity contribution in [2.24, 2.45) is 0 Å². The molecule has 0 aliphatic heterocycles. The van der Waals surface area contributed by atoms with E-state index in [1.807, 2.05) is 0 Å². The molecule has 3 heteroatoms.